The molecule has 0 saturated heterocycles. The third-order valence-corrected chi connectivity index (χ3v) is 2.69. The van der Waals surface area contributed by atoms with E-state index in [9.17, 15) is 14.4 Å². The normalized spacial score (nSPS) is 9.90. The number of pyridine rings is 1. The van der Waals surface area contributed by atoms with E-state index >= 15 is 0 Å². The summed E-state index contributed by atoms with van der Waals surface area (Å²) in [6.45, 7) is 0. The van der Waals surface area contributed by atoms with Crippen LogP contribution in [0.2, 0.25) is 0 Å². The number of para-hydroxylation sites is 1. The van der Waals surface area contributed by atoms with Crippen LogP contribution in [0.1, 0.15) is 31.2 Å². The van der Waals surface area contributed by atoms with E-state index in [2.05, 4.69) is 10.3 Å². The molecule has 0 radical (unpaired) electrons. The molecule has 0 atom stereocenters. The van der Waals surface area contributed by atoms with Gasteiger partial charge in [-0.05, 0) is 24.3 Å². The summed E-state index contributed by atoms with van der Waals surface area (Å²) in [6.07, 6.45) is 1.31. The van der Waals surface area contributed by atoms with Crippen molar-refractivity contribution in [3.8, 4) is 0 Å². The number of carboxylic acids is 1. The summed E-state index contributed by atoms with van der Waals surface area (Å²) in [6, 6.07) is 8.83. The maximum absolute atomic E-state index is 12.1. The van der Waals surface area contributed by atoms with E-state index < -0.39 is 17.8 Å². The molecule has 0 aliphatic rings. The number of hydrogen-bond acceptors (Lipinski definition) is 4. The molecule has 1 heterocycles. The van der Waals surface area contributed by atoms with Crippen molar-refractivity contribution in [2.75, 3.05) is 5.32 Å². The second-order valence-corrected chi connectivity index (χ2v) is 4.07. The number of nitrogens with zero attached hydrogens (tertiary/aromatic N) is 1. The maximum atomic E-state index is 12.1. The highest BCUT2D eigenvalue weighted by molar-refractivity contribution is 6.11. The third kappa shape index (κ3) is 3.03. The number of carbonyl (C=O) groups excluding carboxylic acids is 2. The molecule has 0 aliphatic heterocycles. The number of amides is 2. The first-order valence-electron chi connectivity index (χ1n) is 5.89. The molecule has 0 spiro atoms. The Morgan fingerprint density at radius 2 is 1.71 bits per heavy atom. The van der Waals surface area contributed by atoms with Gasteiger partial charge in [-0.25, -0.2) is 4.79 Å². The molecule has 2 rings (SSSR count). The van der Waals surface area contributed by atoms with E-state index in [4.69, 9.17) is 10.8 Å². The van der Waals surface area contributed by atoms with Crippen molar-refractivity contribution in [3.63, 3.8) is 0 Å². The van der Waals surface area contributed by atoms with Gasteiger partial charge < -0.3 is 16.2 Å². The summed E-state index contributed by atoms with van der Waals surface area (Å²) in [5.74, 6) is -2.71. The molecule has 0 fully saturated rings. The third-order valence-electron chi connectivity index (χ3n) is 2.69. The van der Waals surface area contributed by atoms with E-state index in [0.29, 0.717) is 0 Å². The van der Waals surface area contributed by atoms with Crippen LogP contribution in [-0.2, 0) is 0 Å². The van der Waals surface area contributed by atoms with Gasteiger partial charge in [0.15, 0.2) is 0 Å². The van der Waals surface area contributed by atoms with Crippen LogP contribution in [0.25, 0.3) is 0 Å². The fourth-order valence-electron chi connectivity index (χ4n) is 1.75. The summed E-state index contributed by atoms with van der Waals surface area (Å²) in [7, 11) is 0. The zero-order valence-corrected chi connectivity index (χ0v) is 10.7. The Labute approximate surface area is 119 Å². The van der Waals surface area contributed by atoms with Crippen LogP contribution in [-0.4, -0.2) is 27.9 Å². The smallest absolute Gasteiger partial charge is 0.338 e. The van der Waals surface area contributed by atoms with Crippen molar-refractivity contribution < 1.29 is 19.5 Å². The second kappa shape index (κ2) is 5.83. The molecule has 7 nitrogen and oxygen atoms in total. The molecule has 2 amide bonds. The largest absolute Gasteiger partial charge is 0.478 e. The van der Waals surface area contributed by atoms with Crippen molar-refractivity contribution >= 4 is 23.5 Å². The van der Waals surface area contributed by atoms with Gasteiger partial charge >= 0.3 is 5.97 Å². The lowest BCUT2D eigenvalue weighted by atomic mass is 10.1. The van der Waals surface area contributed by atoms with Crippen molar-refractivity contribution in [2.45, 2.75) is 0 Å². The summed E-state index contributed by atoms with van der Waals surface area (Å²) >= 11 is 0. The molecular weight excluding hydrogens is 274 g/mol. The maximum Gasteiger partial charge on any atom is 0.338 e. The molecule has 0 bridgehead atoms. The Balaban J connectivity index is 2.36. The number of anilines is 1. The second-order valence-electron chi connectivity index (χ2n) is 4.07. The van der Waals surface area contributed by atoms with Gasteiger partial charge in [0.25, 0.3) is 11.8 Å². The number of aromatic carboxylic acids is 1. The molecule has 0 aliphatic carbocycles. The summed E-state index contributed by atoms with van der Waals surface area (Å²) in [5, 5.41) is 11.5. The topological polar surface area (TPSA) is 122 Å². The number of nitrogens with one attached hydrogen (secondary N) is 1. The highest BCUT2D eigenvalue weighted by Crippen LogP contribution is 2.16. The Kier molecular flexibility index (Phi) is 3.94. The molecule has 21 heavy (non-hydrogen) atoms. The van der Waals surface area contributed by atoms with Gasteiger partial charge in [-0.3, -0.25) is 14.6 Å². The molecule has 0 saturated carbocycles. The number of aromatic nitrogens is 1. The van der Waals surface area contributed by atoms with Crippen LogP contribution in [0.5, 0.6) is 0 Å². The molecule has 1 aromatic carbocycles. The molecule has 106 valence electrons. The molecule has 4 N–H and O–H groups in total. The van der Waals surface area contributed by atoms with Crippen LogP contribution in [0.4, 0.5) is 5.69 Å². The minimum atomic E-state index is -1.27. The Morgan fingerprint density at radius 1 is 1.05 bits per heavy atom. The summed E-state index contributed by atoms with van der Waals surface area (Å²) < 4.78 is 0. The van der Waals surface area contributed by atoms with Crippen LogP contribution in [0.15, 0.2) is 42.6 Å². The predicted molar refractivity (Wildman–Crippen MR) is 74.1 cm³/mol. The van der Waals surface area contributed by atoms with Crippen molar-refractivity contribution in [3.05, 3.63) is 59.4 Å². The first kappa shape index (κ1) is 14.2. The van der Waals surface area contributed by atoms with Gasteiger partial charge in [-0.2, -0.15) is 0 Å². The van der Waals surface area contributed by atoms with E-state index in [1.54, 1.807) is 12.1 Å². The zero-order valence-electron chi connectivity index (χ0n) is 10.7. The standard InChI is InChI=1S/C14H11N3O4/c15-12(18)8-4-1-2-6-10(8)17-13(19)11-9(14(20)21)5-3-7-16-11/h1-7H,(H2,15,18)(H,17,19)(H,20,21). The molecule has 2 aromatic rings. The first-order chi connectivity index (χ1) is 10.0. The number of carboxylic acid groups (broad SMARTS) is 1. The van der Waals surface area contributed by atoms with Crippen LogP contribution in [0.3, 0.4) is 0 Å². The van der Waals surface area contributed by atoms with E-state index in [1.165, 1.54) is 30.5 Å². The van der Waals surface area contributed by atoms with Crippen LogP contribution < -0.4 is 11.1 Å². The Hall–Kier alpha value is -3.22. The molecule has 7 heteroatoms. The molecular formula is C14H11N3O4. The lowest BCUT2D eigenvalue weighted by molar-refractivity contribution is 0.0691. The fraction of sp³-hybridized carbons (Fsp3) is 0. The monoisotopic (exact) mass is 285 g/mol. The van der Waals surface area contributed by atoms with Gasteiger partial charge in [-0.1, -0.05) is 12.1 Å². The predicted octanol–water partition coefficient (Wildman–Crippen LogP) is 1.13. The minimum absolute atomic E-state index is 0.124. The van der Waals surface area contributed by atoms with Gasteiger partial charge in [0, 0.05) is 6.20 Å². The van der Waals surface area contributed by atoms with E-state index in [-0.39, 0.29) is 22.5 Å². The fourth-order valence-corrected chi connectivity index (χ4v) is 1.75. The number of hydrogen-bond donors (Lipinski definition) is 3. The van der Waals surface area contributed by atoms with Gasteiger partial charge in [0.1, 0.15) is 5.69 Å². The van der Waals surface area contributed by atoms with Gasteiger partial charge in [-0.15, -0.1) is 0 Å². The molecule has 1 aromatic heterocycles. The lowest BCUT2D eigenvalue weighted by Crippen LogP contribution is -2.21. The van der Waals surface area contributed by atoms with E-state index in [1.807, 2.05) is 0 Å². The Morgan fingerprint density at radius 3 is 2.38 bits per heavy atom. The number of benzene rings is 1. The lowest BCUT2D eigenvalue weighted by Gasteiger charge is -2.09. The van der Waals surface area contributed by atoms with Gasteiger partial charge in [0.2, 0.25) is 0 Å². The number of nitrogens with two attached hydrogens (primary N) is 1. The quantitative estimate of drug-likeness (QED) is 0.777. The number of rotatable bonds is 4. The number of primary amides is 1. The summed E-state index contributed by atoms with van der Waals surface area (Å²) in [5.41, 5.74) is 5.05. The van der Waals surface area contributed by atoms with Crippen LogP contribution in [0, 0.1) is 0 Å². The van der Waals surface area contributed by atoms with Crippen molar-refractivity contribution in [2.24, 2.45) is 5.73 Å². The van der Waals surface area contributed by atoms with E-state index in [0.717, 1.165) is 0 Å². The van der Waals surface area contributed by atoms with Crippen molar-refractivity contribution in [1.82, 2.24) is 4.98 Å². The molecule has 0 unspecified atom stereocenters. The SMILES string of the molecule is NC(=O)c1ccccc1NC(=O)c1ncccc1C(=O)O. The highest BCUT2D eigenvalue weighted by atomic mass is 16.4. The van der Waals surface area contributed by atoms with Gasteiger partial charge in [0.05, 0.1) is 16.8 Å². The first-order valence-corrected chi connectivity index (χ1v) is 5.89. The van der Waals surface area contributed by atoms with Crippen LogP contribution >= 0.6 is 0 Å². The number of carbonyl (C=O) groups is 3. The summed E-state index contributed by atoms with van der Waals surface area (Å²) in [4.78, 5) is 38.2. The average Bonchev–Trinajstić information content (AvgIpc) is 2.47. The Bertz CT molecular complexity index is 728. The zero-order chi connectivity index (χ0) is 15.4. The van der Waals surface area contributed by atoms with Crippen molar-refractivity contribution in [1.29, 1.82) is 0 Å². The average molecular weight is 285 g/mol. The minimum Gasteiger partial charge on any atom is -0.478 e. The highest BCUT2D eigenvalue weighted by Gasteiger charge is 2.19.